The average Bonchev–Trinajstić information content (AvgIpc) is 3.72. The molecule has 0 heterocycles. The van der Waals surface area contributed by atoms with Crippen LogP contribution in [0.4, 0.5) is 0 Å². The van der Waals surface area contributed by atoms with Gasteiger partial charge in [-0.1, -0.05) is 176 Å². The predicted molar refractivity (Wildman–Crippen MR) is 237 cm³/mol. The van der Waals surface area contributed by atoms with Gasteiger partial charge in [0.2, 0.25) is 0 Å². The molecule has 56 heavy (non-hydrogen) atoms. The lowest BCUT2D eigenvalue weighted by molar-refractivity contribution is 0.715. The van der Waals surface area contributed by atoms with Gasteiger partial charge in [0.05, 0.1) is 0 Å². The summed E-state index contributed by atoms with van der Waals surface area (Å²) < 4.78 is 0. The zero-order valence-electron chi connectivity index (χ0n) is 31.1. The maximum Gasteiger partial charge on any atom is 0.0435 e. The van der Waals surface area contributed by atoms with Gasteiger partial charge in [-0.05, 0) is 147 Å². The first-order valence-electron chi connectivity index (χ1n) is 19.7. The second-order valence-electron chi connectivity index (χ2n) is 15.7. The van der Waals surface area contributed by atoms with Crippen molar-refractivity contribution in [3.63, 3.8) is 0 Å². The van der Waals surface area contributed by atoms with Crippen LogP contribution in [0.1, 0.15) is 23.6 Å². The van der Waals surface area contributed by atoms with Crippen molar-refractivity contribution in [3.8, 4) is 66.8 Å². The van der Waals surface area contributed by atoms with Gasteiger partial charge >= 0.3 is 0 Å². The van der Waals surface area contributed by atoms with E-state index in [1.165, 1.54) is 116 Å². The molecular formula is C56H36. The van der Waals surface area contributed by atoms with Crippen molar-refractivity contribution in [2.45, 2.75) is 12.3 Å². The Hall–Kier alpha value is -7.02. The maximum atomic E-state index is 2.48. The fourth-order valence-corrected chi connectivity index (χ4v) is 10.3. The van der Waals surface area contributed by atoms with E-state index in [9.17, 15) is 0 Å². The van der Waals surface area contributed by atoms with Crippen molar-refractivity contribution in [3.05, 3.63) is 217 Å². The van der Waals surface area contributed by atoms with Crippen LogP contribution >= 0.6 is 0 Å². The van der Waals surface area contributed by atoms with Gasteiger partial charge in [-0.25, -0.2) is 0 Å². The van der Waals surface area contributed by atoms with Crippen molar-refractivity contribution < 1.29 is 0 Å². The van der Waals surface area contributed by atoms with Crippen LogP contribution in [0.5, 0.6) is 0 Å². The minimum absolute atomic E-state index is 0.293. The molecule has 0 spiro atoms. The topological polar surface area (TPSA) is 0 Å². The summed E-state index contributed by atoms with van der Waals surface area (Å²) in [5.74, 6) is 0. The van der Waals surface area contributed by atoms with Crippen molar-refractivity contribution in [1.82, 2.24) is 0 Å². The van der Waals surface area contributed by atoms with Crippen LogP contribution in [-0.2, 0) is 5.41 Å². The quantitative estimate of drug-likeness (QED) is 0.171. The Kier molecular flexibility index (Phi) is 6.57. The number of benzene rings is 10. The largest absolute Gasteiger partial charge is 0.0622 e. The molecule has 2 aliphatic rings. The summed E-state index contributed by atoms with van der Waals surface area (Å²) in [4.78, 5) is 0. The fourth-order valence-electron chi connectivity index (χ4n) is 10.3. The molecule has 1 atom stereocenters. The molecule has 260 valence electrons. The summed E-state index contributed by atoms with van der Waals surface area (Å²) in [5, 5.41) is 7.75. The van der Waals surface area contributed by atoms with E-state index in [0.717, 1.165) is 0 Å². The van der Waals surface area contributed by atoms with Crippen molar-refractivity contribution in [1.29, 1.82) is 0 Å². The standard InChI is InChI=1S/C56H36/c1-56(42-23-6-3-7-24-42)49-34-40(29-30-43(49)48-32-38-17-8-9-18-39(38)33-50(48)56)37-21-12-22-41(31-37)53-45-26-11-10-25-44(45)52(36-15-4-2-5-16-36)54-46-27-13-19-35-20-14-28-47(51(35)46)55(53)54/h2-34H,1H3. The molecule has 10 aromatic carbocycles. The Labute approximate surface area is 327 Å². The lowest BCUT2D eigenvalue weighted by Crippen LogP contribution is -2.22. The Bertz CT molecular complexity index is 3240. The first-order valence-corrected chi connectivity index (χ1v) is 19.7. The lowest BCUT2D eigenvalue weighted by Gasteiger charge is -2.29. The van der Waals surface area contributed by atoms with Crippen LogP contribution < -0.4 is 0 Å². The smallest absolute Gasteiger partial charge is 0.0435 e. The number of hydrogen-bond donors (Lipinski definition) is 0. The minimum Gasteiger partial charge on any atom is -0.0622 e. The average molecular weight is 709 g/mol. The Morgan fingerprint density at radius 2 is 0.821 bits per heavy atom. The van der Waals surface area contributed by atoms with E-state index in [4.69, 9.17) is 0 Å². The van der Waals surface area contributed by atoms with Crippen LogP contribution in [-0.4, -0.2) is 0 Å². The molecule has 0 saturated heterocycles. The molecule has 0 bridgehead atoms. The summed E-state index contributed by atoms with van der Waals surface area (Å²) in [7, 11) is 0. The van der Waals surface area contributed by atoms with Crippen LogP contribution in [0.15, 0.2) is 200 Å². The van der Waals surface area contributed by atoms with E-state index in [-0.39, 0.29) is 5.41 Å². The van der Waals surface area contributed by atoms with Gasteiger partial charge in [-0.3, -0.25) is 0 Å². The number of hydrogen-bond acceptors (Lipinski definition) is 0. The van der Waals surface area contributed by atoms with Crippen LogP contribution in [0, 0.1) is 0 Å². The highest BCUT2D eigenvalue weighted by Gasteiger charge is 2.41. The Balaban J connectivity index is 1.10. The van der Waals surface area contributed by atoms with Gasteiger partial charge in [0.1, 0.15) is 0 Å². The van der Waals surface area contributed by atoms with Crippen molar-refractivity contribution >= 4 is 32.3 Å². The second kappa shape index (κ2) is 11.7. The molecule has 0 aliphatic heterocycles. The molecular weight excluding hydrogens is 673 g/mol. The van der Waals surface area contributed by atoms with Gasteiger partial charge in [0.25, 0.3) is 0 Å². The summed E-state index contributed by atoms with van der Waals surface area (Å²) >= 11 is 0. The van der Waals surface area contributed by atoms with Crippen LogP contribution in [0.3, 0.4) is 0 Å². The third-order valence-corrected chi connectivity index (χ3v) is 12.8. The molecule has 10 aromatic rings. The Morgan fingerprint density at radius 3 is 1.54 bits per heavy atom. The third-order valence-electron chi connectivity index (χ3n) is 12.8. The first-order chi connectivity index (χ1) is 27.7. The molecule has 0 radical (unpaired) electrons. The first kappa shape index (κ1) is 31.3. The molecule has 0 saturated carbocycles. The molecule has 12 rings (SSSR count). The van der Waals surface area contributed by atoms with Crippen molar-refractivity contribution in [2.75, 3.05) is 0 Å². The molecule has 0 N–H and O–H groups in total. The Morgan fingerprint density at radius 1 is 0.304 bits per heavy atom. The lowest BCUT2D eigenvalue weighted by atomic mass is 9.73. The summed E-state index contributed by atoms with van der Waals surface area (Å²) in [6, 6.07) is 74.8. The third kappa shape index (κ3) is 4.30. The highest BCUT2D eigenvalue weighted by Crippen LogP contribution is 2.58. The highest BCUT2D eigenvalue weighted by atomic mass is 14.4. The zero-order valence-corrected chi connectivity index (χ0v) is 31.1. The van der Waals surface area contributed by atoms with Gasteiger partial charge in [0.15, 0.2) is 0 Å². The fraction of sp³-hybridized carbons (Fsp3) is 0.0357. The van der Waals surface area contributed by atoms with Crippen molar-refractivity contribution in [2.24, 2.45) is 0 Å². The van der Waals surface area contributed by atoms with Gasteiger partial charge in [0, 0.05) is 5.41 Å². The SMILES string of the molecule is CC1(c2ccccc2)c2cc(-c3cccc(-c4c5c(c(-c6ccccc6)c6ccccc46)-c4cccc6cccc-5c46)c3)ccc2-c2cc3ccccc3cc21. The van der Waals surface area contributed by atoms with Crippen LogP contribution in [0.2, 0.25) is 0 Å². The van der Waals surface area contributed by atoms with Crippen LogP contribution in [0.25, 0.3) is 99.1 Å². The van der Waals surface area contributed by atoms with E-state index in [1.54, 1.807) is 0 Å². The normalized spacial score (nSPS) is 14.9. The van der Waals surface area contributed by atoms with Gasteiger partial charge < -0.3 is 0 Å². The van der Waals surface area contributed by atoms with E-state index >= 15 is 0 Å². The summed E-state index contributed by atoms with van der Waals surface area (Å²) in [5.41, 5.74) is 19.3. The predicted octanol–water partition coefficient (Wildman–Crippen LogP) is 15.1. The van der Waals surface area contributed by atoms with Gasteiger partial charge in [-0.2, -0.15) is 0 Å². The zero-order chi connectivity index (χ0) is 37.0. The molecule has 2 aliphatic carbocycles. The van der Waals surface area contributed by atoms with E-state index < -0.39 is 0 Å². The van der Waals surface area contributed by atoms with E-state index in [0.29, 0.717) is 0 Å². The second-order valence-corrected chi connectivity index (χ2v) is 15.7. The van der Waals surface area contributed by atoms with E-state index in [2.05, 4.69) is 207 Å². The molecule has 0 nitrogen and oxygen atoms in total. The minimum atomic E-state index is -0.293. The van der Waals surface area contributed by atoms with Gasteiger partial charge in [-0.15, -0.1) is 0 Å². The molecule has 0 aromatic heterocycles. The number of fused-ring (bicyclic) bond motifs is 8. The monoisotopic (exact) mass is 708 g/mol. The molecule has 0 fully saturated rings. The summed E-state index contributed by atoms with van der Waals surface area (Å²) in [6.07, 6.45) is 0. The number of rotatable bonds is 4. The van der Waals surface area contributed by atoms with E-state index in [1.807, 2.05) is 0 Å². The molecule has 0 amide bonds. The molecule has 0 heteroatoms. The highest BCUT2D eigenvalue weighted by molar-refractivity contribution is 6.27. The summed E-state index contributed by atoms with van der Waals surface area (Å²) in [6.45, 7) is 2.42. The molecule has 1 unspecified atom stereocenters. The maximum absolute atomic E-state index is 2.48.